The summed E-state index contributed by atoms with van der Waals surface area (Å²) in [6.45, 7) is 22.8. The number of aromatic nitrogens is 2. The van der Waals surface area contributed by atoms with E-state index in [4.69, 9.17) is 14.1 Å². The van der Waals surface area contributed by atoms with Crippen LogP contribution in [0.3, 0.4) is 0 Å². The summed E-state index contributed by atoms with van der Waals surface area (Å²) in [5.74, 6) is 1.98. The van der Waals surface area contributed by atoms with Gasteiger partial charge >= 0.3 is 0 Å². The molecular weight excluding hydrogens is 1150 g/mol. The van der Waals surface area contributed by atoms with E-state index in [1.54, 1.807) is 0 Å². The van der Waals surface area contributed by atoms with Crippen LogP contribution in [0.2, 0.25) is 0 Å². The van der Waals surface area contributed by atoms with Gasteiger partial charge in [0.15, 0.2) is 0 Å². The molecule has 13 rings (SSSR count). The topological polar surface area (TPSA) is 46.7 Å². The van der Waals surface area contributed by atoms with Crippen molar-refractivity contribution in [2.24, 2.45) is 0 Å². The maximum Gasteiger partial charge on any atom is 0.135 e. The number of hydrogen-bond donors (Lipinski definition) is 0. The van der Waals surface area contributed by atoms with Gasteiger partial charge in [-0.1, -0.05) is 171 Å². The first-order valence-corrected chi connectivity index (χ1v) is 27.0. The SMILES string of the molecule is CC(C)(C)c1cc(N2[CH-]N(c3[c-]c(Oc4[c-]c5c(cc4)c4ccccc4n5-c4cc(C(C)(C)C)c(-c5cccc(-c6ccc7oc8ccccc8c7c6)c5)cn4)ccc3)c3cc(-c4ccccc4)ccc32)cc(C(C)(C)C)c1.[Pt]. The van der Waals surface area contributed by atoms with Crippen molar-refractivity contribution in [3.05, 3.63) is 236 Å². The van der Waals surface area contributed by atoms with E-state index in [0.29, 0.717) is 11.5 Å². The molecule has 0 saturated carbocycles. The minimum atomic E-state index is -0.214. The van der Waals surface area contributed by atoms with Crippen molar-refractivity contribution in [2.45, 2.75) is 78.6 Å². The van der Waals surface area contributed by atoms with Gasteiger partial charge in [-0.05, 0) is 127 Å². The molecule has 0 radical (unpaired) electrons. The third-order valence-electron chi connectivity index (χ3n) is 15.4. The first-order valence-electron chi connectivity index (χ1n) is 27.0. The second-order valence-corrected chi connectivity index (χ2v) is 23.9. The van der Waals surface area contributed by atoms with E-state index in [0.717, 1.165) is 106 Å². The Morgan fingerprint density at radius 3 is 1.89 bits per heavy atom. The van der Waals surface area contributed by atoms with Crippen molar-refractivity contribution in [1.29, 1.82) is 0 Å². The molecule has 0 spiro atoms. The molecule has 12 aromatic rings. The summed E-state index contributed by atoms with van der Waals surface area (Å²) in [5, 5.41) is 4.42. The van der Waals surface area contributed by atoms with Crippen LogP contribution in [0.4, 0.5) is 22.7 Å². The second-order valence-electron chi connectivity index (χ2n) is 23.9. The minimum Gasteiger partial charge on any atom is -0.509 e. The summed E-state index contributed by atoms with van der Waals surface area (Å²) in [6.07, 6.45) is 2.05. The molecule has 1 aliphatic heterocycles. The van der Waals surface area contributed by atoms with Crippen LogP contribution in [0, 0.1) is 18.8 Å². The largest absolute Gasteiger partial charge is 0.509 e. The standard InChI is InChI=1S/C72H61N4O2.Pt/c1-70(2,3)51-38-52(71(4,5)6)40-54(39-51)75-45-74(66-37-49(29-33-64(66)75)46-19-11-10-12-20-46)53-23-18-24-55(41-53)77-56-31-32-58-57-25-13-15-27-63(57)76(65(58)42-56)69-43-62(72(7,8)9)61(44-73-69)50-22-17-21-47(35-50)48-30-34-68-60(36-48)59-26-14-16-28-67(59)78-68;/h10-40,43-45H,1-9H3;/q-3;. The number of pyridine rings is 1. The normalized spacial score (nSPS) is 12.9. The van der Waals surface area contributed by atoms with Gasteiger partial charge in [0.25, 0.3) is 0 Å². The molecule has 0 amide bonds. The fraction of sp³-hybridized carbons (Fsp3) is 0.167. The molecule has 0 bridgehead atoms. The molecule has 0 aliphatic carbocycles. The number of nitrogens with zero attached hydrogens (tertiary/aromatic N) is 4. The fourth-order valence-corrected chi connectivity index (χ4v) is 11.1. The number of rotatable bonds is 8. The molecule has 0 unspecified atom stereocenters. The van der Waals surface area contributed by atoms with E-state index >= 15 is 0 Å². The van der Waals surface area contributed by atoms with E-state index < -0.39 is 0 Å². The molecule has 0 N–H and O–H groups in total. The first kappa shape index (κ1) is 51.6. The van der Waals surface area contributed by atoms with Crippen molar-refractivity contribution in [1.82, 2.24) is 9.55 Å². The summed E-state index contributed by atoms with van der Waals surface area (Å²) in [6, 6.07) is 76.4. The molecule has 0 saturated heterocycles. The van der Waals surface area contributed by atoms with Crippen LogP contribution in [0.5, 0.6) is 11.5 Å². The van der Waals surface area contributed by atoms with Gasteiger partial charge < -0.3 is 23.5 Å². The molecule has 79 heavy (non-hydrogen) atoms. The van der Waals surface area contributed by atoms with Gasteiger partial charge in [0.1, 0.15) is 17.0 Å². The van der Waals surface area contributed by atoms with Crippen molar-refractivity contribution in [2.75, 3.05) is 9.80 Å². The average molecular weight is 1210 g/mol. The van der Waals surface area contributed by atoms with E-state index in [1.807, 2.05) is 36.5 Å². The Labute approximate surface area is 478 Å². The Kier molecular flexibility index (Phi) is 12.8. The molecule has 9 aromatic carbocycles. The van der Waals surface area contributed by atoms with Gasteiger partial charge in [-0.2, -0.15) is 12.1 Å². The molecule has 1 aliphatic rings. The Bertz CT molecular complexity index is 4270. The number of furan rings is 1. The van der Waals surface area contributed by atoms with Gasteiger partial charge in [0.05, 0.1) is 0 Å². The van der Waals surface area contributed by atoms with Crippen LogP contribution in [0.15, 0.2) is 205 Å². The van der Waals surface area contributed by atoms with E-state index in [9.17, 15) is 0 Å². The molecule has 0 fully saturated rings. The van der Waals surface area contributed by atoms with Crippen LogP contribution >= 0.6 is 0 Å². The number of fused-ring (bicyclic) bond motifs is 7. The van der Waals surface area contributed by atoms with Gasteiger partial charge in [-0.25, -0.2) is 4.98 Å². The van der Waals surface area contributed by atoms with E-state index in [1.165, 1.54) is 16.7 Å². The number of ether oxygens (including phenoxy) is 1. The Hall–Kier alpha value is -8.18. The number of anilines is 4. The summed E-state index contributed by atoms with van der Waals surface area (Å²) >= 11 is 0. The summed E-state index contributed by atoms with van der Waals surface area (Å²) in [5.41, 5.74) is 18.1. The summed E-state index contributed by atoms with van der Waals surface area (Å²) < 4.78 is 15.2. The fourth-order valence-electron chi connectivity index (χ4n) is 11.1. The van der Waals surface area contributed by atoms with Crippen molar-refractivity contribution >= 4 is 66.5 Å². The maximum atomic E-state index is 6.81. The molecular formula is C72H61N4O2Pt-3. The number of para-hydroxylation sites is 2. The molecule has 4 heterocycles. The van der Waals surface area contributed by atoms with Crippen LogP contribution in [0.25, 0.3) is 82.9 Å². The molecule has 3 aromatic heterocycles. The van der Waals surface area contributed by atoms with E-state index in [-0.39, 0.29) is 37.3 Å². The number of hydrogen-bond acceptors (Lipinski definition) is 5. The Morgan fingerprint density at radius 2 is 1.11 bits per heavy atom. The minimum absolute atomic E-state index is 0. The Balaban J connectivity index is 0.00000623. The van der Waals surface area contributed by atoms with Gasteiger partial charge in [0.2, 0.25) is 0 Å². The molecule has 394 valence electrons. The van der Waals surface area contributed by atoms with Gasteiger partial charge in [0, 0.05) is 77.7 Å². The van der Waals surface area contributed by atoms with Crippen LogP contribution in [0.1, 0.15) is 79.0 Å². The number of benzene rings is 9. The van der Waals surface area contributed by atoms with Crippen molar-refractivity contribution in [3.63, 3.8) is 0 Å². The van der Waals surface area contributed by atoms with Gasteiger partial charge in [-0.3, -0.25) is 0 Å². The Morgan fingerprint density at radius 1 is 0.468 bits per heavy atom. The third-order valence-corrected chi connectivity index (χ3v) is 15.4. The van der Waals surface area contributed by atoms with Gasteiger partial charge in [-0.15, -0.1) is 48.1 Å². The van der Waals surface area contributed by atoms with Crippen LogP contribution in [-0.2, 0) is 37.3 Å². The predicted octanol–water partition coefficient (Wildman–Crippen LogP) is 19.8. The summed E-state index contributed by atoms with van der Waals surface area (Å²) in [7, 11) is 0. The molecule has 0 atom stereocenters. The summed E-state index contributed by atoms with van der Waals surface area (Å²) in [4.78, 5) is 9.85. The van der Waals surface area contributed by atoms with Crippen molar-refractivity contribution < 1.29 is 30.2 Å². The second kappa shape index (κ2) is 19.6. The molecule has 6 nitrogen and oxygen atoms in total. The predicted molar refractivity (Wildman–Crippen MR) is 324 cm³/mol. The van der Waals surface area contributed by atoms with E-state index in [2.05, 4.69) is 259 Å². The van der Waals surface area contributed by atoms with Crippen molar-refractivity contribution in [3.8, 4) is 50.7 Å². The smallest absolute Gasteiger partial charge is 0.135 e. The zero-order valence-corrected chi connectivity index (χ0v) is 48.3. The average Bonchev–Trinajstić information content (AvgIpc) is 4.36. The van der Waals surface area contributed by atoms with Crippen LogP contribution < -0.4 is 14.5 Å². The molecule has 7 heteroatoms. The van der Waals surface area contributed by atoms with Crippen LogP contribution in [-0.4, -0.2) is 9.55 Å². The zero-order valence-electron chi connectivity index (χ0n) is 46.1. The first-order chi connectivity index (χ1) is 37.5. The maximum absolute atomic E-state index is 6.81. The quantitative estimate of drug-likeness (QED) is 0.142. The monoisotopic (exact) mass is 1210 g/mol. The third kappa shape index (κ3) is 9.50. The zero-order chi connectivity index (χ0) is 53.7.